The molecule has 8 heteroatoms. The van der Waals surface area contributed by atoms with Crippen LogP contribution in [0.1, 0.15) is 29.1 Å². The minimum Gasteiger partial charge on any atom is -0.507 e. The number of fused-ring (bicyclic) bond motifs is 3. The van der Waals surface area contributed by atoms with Crippen molar-refractivity contribution < 1.29 is 9.90 Å². The monoisotopic (exact) mass is 381 g/mol. The second-order valence-corrected chi connectivity index (χ2v) is 7.18. The molecule has 0 saturated carbocycles. The van der Waals surface area contributed by atoms with Crippen LogP contribution in [-0.4, -0.2) is 48.6 Å². The van der Waals surface area contributed by atoms with Gasteiger partial charge in [-0.2, -0.15) is 0 Å². The molecule has 138 valence electrons. The van der Waals surface area contributed by atoms with Crippen LogP contribution in [0.15, 0.2) is 30.6 Å². The Morgan fingerprint density at radius 2 is 2.00 bits per heavy atom. The summed E-state index contributed by atoms with van der Waals surface area (Å²) in [6.07, 6.45) is 1.59. The van der Waals surface area contributed by atoms with Crippen LogP contribution >= 0.6 is 11.3 Å². The average Bonchev–Trinajstić information content (AvgIpc) is 3.24. The molecular weight excluding hydrogens is 362 g/mol. The second-order valence-electron chi connectivity index (χ2n) is 6.18. The molecule has 0 spiro atoms. The number of amides is 1. The van der Waals surface area contributed by atoms with E-state index in [0.717, 1.165) is 15.8 Å². The number of benzene rings is 1. The van der Waals surface area contributed by atoms with Crippen LogP contribution in [0.4, 0.5) is 0 Å². The smallest absolute Gasteiger partial charge is 0.264 e. The predicted octanol–water partition coefficient (Wildman–Crippen LogP) is 3.50. The van der Waals surface area contributed by atoms with E-state index in [0.29, 0.717) is 35.0 Å². The van der Waals surface area contributed by atoms with Gasteiger partial charge in [0.15, 0.2) is 11.5 Å². The first-order valence-corrected chi connectivity index (χ1v) is 9.58. The highest BCUT2D eigenvalue weighted by Crippen LogP contribution is 2.34. The molecule has 3 heterocycles. The van der Waals surface area contributed by atoms with Crippen LogP contribution in [0, 0.1) is 6.92 Å². The van der Waals surface area contributed by atoms with E-state index in [4.69, 9.17) is 0 Å². The molecule has 1 amide bonds. The summed E-state index contributed by atoms with van der Waals surface area (Å²) in [5.41, 5.74) is 2.05. The quantitative estimate of drug-likeness (QED) is 0.585. The lowest BCUT2D eigenvalue weighted by Crippen LogP contribution is -2.30. The third-order valence-corrected chi connectivity index (χ3v) is 5.85. The van der Waals surface area contributed by atoms with Crippen molar-refractivity contribution in [1.82, 2.24) is 24.5 Å². The Morgan fingerprint density at radius 1 is 1.26 bits per heavy atom. The maximum Gasteiger partial charge on any atom is 0.264 e. The number of hydrogen-bond donors (Lipinski definition) is 1. The molecule has 4 rings (SSSR count). The van der Waals surface area contributed by atoms with Gasteiger partial charge in [-0.15, -0.1) is 16.4 Å². The molecule has 0 radical (unpaired) electrons. The van der Waals surface area contributed by atoms with Gasteiger partial charge in [-0.1, -0.05) is 12.1 Å². The van der Waals surface area contributed by atoms with E-state index in [9.17, 15) is 9.90 Å². The van der Waals surface area contributed by atoms with Crippen LogP contribution in [0.5, 0.6) is 5.75 Å². The van der Waals surface area contributed by atoms with Gasteiger partial charge in [0.25, 0.3) is 5.91 Å². The number of aromatic hydroxyl groups is 1. The van der Waals surface area contributed by atoms with Gasteiger partial charge < -0.3 is 10.0 Å². The van der Waals surface area contributed by atoms with Crippen molar-refractivity contribution in [2.24, 2.45) is 0 Å². The first-order valence-electron chi connectivity index (χ1n) is 8.77. The van der Waals surface area contributed by atoms with Gasteiger partial charge in [0.1, 0.15) is 16.9 Å². The summed E-state index contributed by atoms with van der Waals surface area (Å²) in [5, 5.41) is 15.4. The molecule has 0 aliphatic heterocycles. The van der Waals surface area contributed by atoms with Gasteiger partial charge in [0.05, 0.1) is 15.8 Å². The lowest BCUT2D eigenvalue weighted by Gasteiger charge is -2.17. The summed E-state index contributed by atoms with van der Waals surface area (Å²) in [6, 6.07) is 6.95. The Kier molecular flexibility index (Phi) is 4.27. The number of aryl methyl sites for hydroxylation is 1. The number of phenols is 1. The number of aromatic nitrogens is 4. The van der Waals surface area contributed by atoms with E-state index in [1.54, 1.807) is 33.9 Å². The Balaban J connectivity index is 1.91. The van der Waals surface area contributed by atoms with Crippen molar-refractivity contribution in [3.63, 3.8) is 0 Å². The number of thiophene rings is 1. The number of hydrogen-bond acceptors (Lipinski definition) is 6. The van der Waals surface area contributed by atoms with Crippen LogP contribution < -0.4 is 0 Å². The summed E-state index contributed by atoms with van der Waals surface area (Å²) in [4.78, 5) is 25.2. The summed E-state index contributed by atoms with van der Waals surface area (Å²) in [6.45, 7) is 7.18. The summed E-state index contributed by atoms with van der Waals surface area (Å²) in [5.74, 6) is 0.556. The molecule has 0 fully saturated rings. The zero-order valence-corrected chi connectivity index (χ0v) is 16.1. The molecule has 3 aromatic heterocycles. The van der Waals surface area contributed by atoms with Gasteiger partial charge >= 0.3 is 0 Å². The first-order chi connectivity index (χ1) is 13.0. The SMILES string of the molecule is CCN(CC)C(=O)c1sc2ncn3nc(-c4ccccc4O)nc3c2c1C. The number of carbonyl (C=O) groups is 1. The highest BCUT2D eigenvalue weighted by atomic mass is 32.1. The predicted molar refractivity (Wildman–Crippen MR) is 105 cm³/mol. The number of rotatable bonds is 4. The largest absolute Gasteiger partial charge is 0.507 e. The third-order valence-electron chi connectivity index (χ3n) is 4.66. The van der Waals surface area contributed by atoms with Gasteiger partial charge in [-0.05, 0) is 38.5 Å². The van der Waals surface area contributed by atoms with Crippen molar-refractivity contribution in [1.29, 1.82) is 0 Å². The summed E-state index contributed by atoms with van der Waals surface area (Å²) in [7, 11) is 0. The van der Waals surface area contributed by atoms with Crippen molar-refractivity contribution in [3.8, 4) is 17.1 Å². The lowest BCUT2D eigenvalue weighted by atomic mass is 10.2. The van der Waals surface area contributed by atoms with E-state index in [-0.39, 0.29) is 11.7 Å². The van der Waals surface area contributed by atoms with Crippen molar-refractivity contribution in [2.45, 2.75) is 20.8 Å². The van der Waals surface area contributed by atoms with Crippen molar-refractivity contribution in [3.05, 3.63) is 41.0 Å². The Hall–Kier alpha value is -3.00. The highest BCUT2D eigenvalue weighted by Gasteiger charge is 2.23. The minimum absolute atomic E-state index is 0.0130. The molecular formula is C19H19N5O2S. The molecule has 4 aromatic rings. The molecule has 0 aliphatic carbocycles. The second kappa shape index (κ2) is 6.62. The summed E-state index contributed by atoms with van der Waals surface area (Å²) < 4.78 is 1.59. The average molecular weight is 381 g/mol. The first kappa shape index (κ1) is 17.4. The van der Waals surface area contributed by atoms with Crippen LogP contribution in [-0.2, 0) is 0 Å². The molecule has 1 N–H and O–H groups in total. The van der Waals surface area contributed by atoms with Gasteiger partial charge in [-0.25, -0.2) is 14.5 Å². The zero-order valence-electron chi connectivity index (χ0n) is 15.3. The number of phenolic OH excluding ortho intramolecular Hbond substituents is 1. The highest BCUT2D eigenvalue weighted by molar-refractivity contribution is 7.20. The van der Waals surface area contributed by atoms with Crippen LogP contribution in [0.25, 0.3) is 27.3 Å². The van der Waals surface area contributed by atoms with Crippen LogP contribution in [0.2, 0.25) is 0 Å². The Bertz CT molecular complexity index is 1160. The van der Waals surface area contributed by atoms with Gasteiger partial charge in [0.2, 0.25) is 0 Å². The number of carbonyl (C=O) groups excluding carboxylic acids is 1. The fourth-order valence-corrected chi connectivity index (χ4v) is 4.28. The van der Waals surface area contributed by atoms with Crippen molar-refractivity contribution in [2.75, 3.05) is 13.1 Å². The lowest BCUT2D eigenvalue weighted by molar-refractivity contribution is 0.0777. The Labute approximate surface area is 159 Å². The van der Waals surface area contributed by atoms with E-state index >= 15 is 0 Å². The molecule has 27 heavy (non-hydrogen) atoms. The molecule has 0 saturated heterocycles. The van der Waals surface area contributed by atoms with Crippen LogP contribution in [0.3, 0.4) is 0 Å². The Morgan fingerprint density at radius 3 is 2.70 bits per heavy atom. The number of nitrogens with zero attached hydrogens (tertiary/aromatic N) is 5. The molecule has 1 aromatic carbocycles. The molecule has 0 aliphatic rings. The molecule has 0 bridgehead atoms. The minimum atomic E-state index is 0.0130. The van der Waals surface area contributed by atoms with E-state index in [1.165, 1.54) is 11.3 Å². The zero-order chi connectivity index (χ0) is 19.1. The van der Waals surface area contributed by atoms with E-state index in [2.05, 4.69) is 15.1 Å². The molecule has 0 unspecified atom stereocenters. The number of para-hydroxylation sites is 1. The van der Waals surface area contributed by atoms with Gasteiger partial charge in [0, 0.05) is 13.1 Å². The maximum atomic E-state index is 12.8. The third kappa shape index (κ3) is 2.73. The fraction of sp³-hybridized carbons (Fsp3) is 0.263. The molecule has 7 nitrogen and oxygen atoms in total. The maximum absolute atomic E-state index is 12.8. The van der Waals surface area contributed by atoms with E-state index < -0.39 is 0 Å². The van der Waals surface area contributed by atoms with Crippen molar-refractivity contribution >= 4 is 33.1 Å². The molecule has 0 atom stereocenters. The van der Waals surface area contributed by atoms with E-state index in [1.807, 2.05) is 26.8 Å². The standard InChI is InChI=1S/C19H19N5O2S/c1-4-23(5-2)19(26)15-11(3)14-17-21-16(12-8-6-7-9-13(12)25)22-24(17)10-20-18(14)27-15/h6-10,25H,4-5H2,1-3H3. The fourth-order valence-electron chi connectivity index (χ4n) is 3.17. The topological polar surface area (TPSA) is 83.6 Å². The normalized spacial score (nSPS) is 11.4. The van der Waals surface area contributed by atoms with Gasteiger partial charge in [-0.3, -0.25) is 4.79 Å². The summed E-state index contributed by atoms with van der Waals surface area (Å²) >= 11 is 1.38.